The normalized spacial score (nSPS) is 10.1. The number of hydroxylamine groups is 1. The summed E-state index contributed by atoms with van der Waals surface area (Å²) in [6, 6.07) is 3.74. The first-order chi connectivity index (χ1) is 7.26. The Kier molecular flexibility index (Phi) is 4.74. The van der Waals surface area contributed by atoms with Gasteiger partial charge in [0.05, 0.1) is 19.1 Å². The number of rotatable bonds is 5. The molecule has 0 heterocycles. The molecular formula is C10H15NO3S. The summed E-state index contributed by atoms with van der Waals surface area (Å²) in [5.41, 5.74) is 2.98. The van der Waals surface area contributed by atoms with E-state index in [1.165, 1.54) is 0 Å². The van der Waals surface area contributed by atoms with Crippen molar-refractivity contribution in [3.63, 3.8) is 0 Å². The summed E-state index contributed by atoms with van der Waals surface area (Å²) in [4.78, 5) is 0.988. The first kappa shape index (κ1) is 12.2. The topological polar surface area (TPSA) is 50.7 Å². The summed E-state index contributed by atoms with van der Waals surface area (Å²) < 4.78 is 10.5. The maximum Gasteiger partial charge on any atom is 0.137 e. The van der Waals surface area contributed by atoms with Crippen LogP contribution in [-0.4, -0.2) is 25.7 Å². The third-order valence-electron chi connectivity index (χ3n) is 2.03. The summed E-state index contributed by atoms with van der Waals surface area (Å²) in [5.74, 6) is 1.52. The fraction of sp³-hybridized carbons (Fsp3) is 0.400. The van der Waals surface area contributed by atoms with Crippen molar-refractivity contribution in [1.82, 2.24) is 5.48 Å². The fourth-order valence-electron chi connectivity index (χ4n) is 1.35. The highest BCUT2D eigenvalue weighted by atomic mass is 32.2. The molecule has 0 atom stereocenters. The Morgan fingerprint density at radius 2 is 2.07 bits per heavy atom. The van der Waals surface area contributed by atoms with Gasteiger partial charge in [-0.1, -0.05) is 0 Å². The van der Waals surface area contributed by atoms with Gasteiger partial charge in [0.1, 0.15) is 11.5 Å². The summed E-state index contributed by atoms with van der Waals surface area (Å²) in [6.07, 6.45) is 1.97. The molecule has 2 N–H and O–H groups in total. The largest absolute Gasteiger partial charge is 0.497 e. The second-order valence-electron chi connectivity index (χ2n) is 2.86. The number of nitrogens with one attached hydrogen (secondary N) is 1. The van der Waals surface area contributed by atoms with E-state index < -0.39 is 0 Å². The quantitative estimate of drug-likeness (QED) is 0.596. The van der Waals surface area contributed by atoms with Crippen LogP contribution in [0.2, 0.25) is 0 Å². The third kappa shape index (κ3) is 2.77. The van der Waals surface area contributed by atoms with Crippen LogP contribution in [0.5, 0.6) is 11.5 Å². The number of hydrogen-bond donors (Lipinski definition) is 2. The minimum Gasteiger partial charge on any atom is -0.497 e. The molecule has 4 nitrogen and oxygen atoms in total. The second kappa shape index (κ2) is 5.85. The van der Waals surface area contributed by atoms with E-state index in [1.807, 2.05) is 18.4 Å². The Morgan fingerprint density at radius 3 is 2.53 bits per heavy atom. The van der Waals surface area contributed by atoms with Crippen LogP contribution in [-0.2, 0) is 6.54 Å². The van der Waals surface area contributed by atoms with Crippen LogP contribution in [0.15, 0.2) is 17.0 Å². The molecule has 84 valence electrons. The van der Waals surface area contributed by atoms with E-state index in [-0.39, 0.29) is 0 Å². The summed E-state index contributed by atoms with van der Waals surface area (Å²) in [7, 11) is 3.23. The van der Waals surface area contributed by atoms with Gasteiger partial charge in [0.15, 0.2) is 0 Å². The van der Waals surface area contributed by atoms with Crippen LogP contribution >= 0.6 is 11.8 Å². The molecule has 1 aromatic carbocycles. The van der Waals surface area contributed by atoms with Crippen molar-refractivity contribution in [1.29, 1.82) is 0 Å². The SMILES string of the molecule is COc1cc(CNO)c(OC)c(SC)c1. The smallest absolute Gasteiger partial charge is 0.137 e. The Labute approximate surface area is 93.5 Å². The van der Waals surface area contributed by atoms with Crippen molar-refractivity contribution in [3.05, 3.63) is 17.7 Å². The molecular weight excluding hydrogens is 214 g/mol. The zero-order chi connectivity index (χ0) is 11.3. The predicted octanol–water partition coefficient (Wildman–Crippen LogP) is 1.90. The Bertz CT molecular complexity index is 331. The van der Waals surface area contributed by atoms with E-state index in [9.17, 15) is 0 Å². The molecule has 1 aromatic rings. The van der Waals surface area contributed by atoms with Gasteiger partial charge in [-0.2, -0.15) is 0 Å². The lowest BCUT2D eigenvalue weighted by molar-refractivity contribution is 0.160. The predicted molar refractivity (Wildman–Crippen MR) is 60.0 cm³/mol. The van der Waals surface area contributed by atoms with Gasteiger partial charge in [-0.15, -0.1) is 11.8 Å². The molecule has 0 radical (unpaired) electrons. The Hall–Kier alpha value is -0.910. The van der Waals surface area contributed by atoms with E-state index in [0.717, 1.165) is 22.0 Å². The molecule has 5 heteroatoms. The van der Waals surface area contributed by atoms with Gasteiger partial charge in [0, 0.05) is 12.1 Å². The van der Waals surface area contributed by atoms with Crippen molar-refractivity contribution in [3.8, 4) is 11.5 Å². The van der Waals surface area contributed by atoms with Crippen LogP contribution in [0, 0.1) is 0 Å². The van der Waals surface area contributed by atoms with Gasteiger partial charge in [-0.3, -0.25) is 0 Å². The van der Waals surface area contributed by atoms with Crippen LogP contribution in [0.4, 0.5) is 0 Å². The molecule has 0 aromatic heterocycles. The van der Waals surface area contributed by atoms with Gasteiger partial charge in [-0.25, -0.2) is 5.48 Å². The van der Waals surface area contributed by atoms with E-state index in [1.54, 1.807) is 26.0 Å². The van der Waals surface area contributed by atoms with Crippen LogP contribution < -0.4 is 15.0 Å². The van der Waals surface area contributed by atoms with Gasteiger partial charge < -0.3 is 14.7 Å². The molecule has 0 unspecified atom stereocenters. The number of benzene rings is 1. The molecule has 1 rings (SSSR count). The Morgan fingerprint density at radius 1 is 1.33 bits per heavy atom. The third-order valence-corrected chi connectivity index (χ3v) is 2.78. The van der Waals surface area contributed by atoms with Crippen molar-refractivity contribution in [2.24, 2.45) is 0 Å². The number of methoxy groups -OCH3 is 2. The molecule has 0 bridgehead atoms. The highest BCUT2D eigenvalue weighted by molar-refractivity contribution is 7.98. The molecule has 0 saturated carbocycles. The van der Waals surface area contributed by atoms with E-state index in [2.05, 4.69) is 5.48 Å². The van der Waals surface area contributed by atoms with Crippen LogP contribution in [0.1, 0.15) is 5.56 Å². The standard InChI is InChI=1S/C10H15NO3S/c1-13-8-4-7(6-11-12)10(14-2)9(5-8)15-3/h4-5,11-12H,6H2,1-3H3. The van der Waals surface area contributed by atoms with Crippen LogP contribution in [0.25, 0.3) is 0 Å². The highest BCUT2D eigenvalue weighted by Crippen LogP contribution is 2.35. The van der Waals surface area contributed by atoms with Gasteiger partial charge in [-0.05, 0) is 18.4 Å². The van der Waals surface area contributed by atoms with Crippen molar-refractivity contribution in [2.45, 2.75) is 11.4 Å². The number of thioether (sulfide) groups is 1. The average molecular weight is 229 g/mol. The summed E-state index contributed by atoms with van der Waals surface area (Å²) >= 11 is 1.58. The summed E-state index contributed by atoms with van der Waals surface area (Å²) in [5, 5.41) is 8.71. The first-order valence-electron chi connectivity index (χ1n) is 4.42. The zero-order valence-corrected chi connectivity index (χ0v) is 9.85. The molecule has 0 fully saturated rings. The maximum absolute atomic E-state index is 8.71. The average Bonchev–Trinajstić information content (AvgIpc) is 2.28. The molecule has 0 aliphatic heterocycles. The minimum atomic E-state index is 0.327. The lowest BCUT2D eigenvalue weighted by atomic mass is 10.2. The lowest BCUT2D eigenvalue weighted by Crippen LogP contribution is -2.08. The fourth-order valence-corrected chi connectivity index (χ4v) is 1.98. The minimum absolute atomic E-state index is 0.327. The molecule has 0 amide bonds. The number of ether oxygens (including phenoxy) is 2. The highest BCUT2D eigenvalue weighted by Gasteiger charge is 2.11. The maximum atomic E-state index is 8.71. The zero-order valence-electron chi connectivity index (χ0n) is 9.03. The van der Waals surface area contributed by atoms with Gasteiger partial charge in [0.2, 0.25) is 0 Å². The molecule has 0 aliphatic rings. The van der Waals surface area contributed by atoms with E-state index in [0.29, 0.717) is 6.54 Å². The van der Waals surface area contributed by atoms with Crippen molar-refractivity contribution >= 4 is 11.8 Å². The van der Waals surface area contributed by atoms with Crippen molar-refractivity contribution in [2.75, 3.05) is 20.5 Å². The van der Waals surface area contributed by atoms with Gasteiger partial charge >= 0.3 is 0 Å². The monoisotopic (exact) mass is 229 g/mol. The molecule has 0 spiro atoms. The Balaban J connectivity index is 3.19. The number of hydrogen-bond acceptors (Lipinski definition) is 5. The lowest BCUT2D eigenvalue weighted by Gasteiger charge is -2.13. The second-order valence-corrected chi connectivity index (χ2v) is 3.70. The van der Waals surface area contributed by atoms with Gasteiger partial charge in [0.25, 0.3) is 0 Å². The molecule has 15 heavy (non-hydrogen) atoms. The van der Waals surface area contributed by atoms with E-state index in [4.69, 9.17) is 14.7 Å². The first-order valence-corrected chi connectivity index (χ1v) is 5.65. The molecule has 0 saturated heterocycles. The van der Waals surface area contributed by atoms with E-state index >= 15 is 0 Å². The van der Waals surface area contributed by atoms with Crippen LogP contribution in [0.3, 0.4) is 0 Å². The summed E-state index contributed by atoms with van der Waals surface area (Å²) in [6.45, 7) is 0.327. The van der Waals surface area contributed by atoms with Crippen molar-refractivity contribution < 1.29 is 14.7 Å². The molecule has 0 aliphatic carbocycles.